The average molecular weight is 271 g/mol. The Morgan fingerprint density at radius 2 is 1.20 bits per heavy atom. The second-order valence-electron chi connectivity index (χ2n) is 4.37. The maximum atomic E-state index is 9.29. The molecule has 0 amide bonds. The number of phenolic OH excluding ortho intramolecular Hbond substituents is 1. The van der Waals surface area contributed by atoms with Gasteiger partial charge in [-0.1, -0.05) is 42.5 Å². The minimum Gasteiger partial charge on any atom is -1.00 e. The Labute approximate surface area is 141 Å². The van der Waals surface area contributed by atoms with Gasteiger partial charge in [-0.2, -0.15) is 0 Å². The summed E-state index contributed by atoms with van der Waals surface area (Å²) in [5.74, 6) is 0.288. The fraction of sp³-hybridized carbons (Fsp3) is 0. The summed E-state index contributed by atoms with van der Waals surface area (Å²) < 4.78 is 0. The van der Waals surface area contributed by atoms with Gasteiger partial charge in [0.1, 0.15) is 5.75 Å². The summed E-state index contributed by atoms with van der Waals surface area (Å²) in [6, 6.07) is 19.5. The average Bonchev–Trinajstić information content (AvgIpc) is 2.49. The van der Waals surface area contributed by atoms with E-state index in [1.54, 1.807) is 18.3 Å². The van der Waals surface area contributed by atoms with E-state index in [9.17, 15) is 5.11 Å². The number of nitrogens with zero attached hydrogens (tertiary/aromatic N) is 1. The molecule has 0 saturated carbocycles. The zero-order valence-corrected chi connectivity index (χ0v) is 13.3. The Bertz CT molecular complexity index is 669. The SMILES string of the molecule is Oc1ccc(-c2ccc(-c3cccnc3)cc2)cc1.[H-].[Na+]. The number of phenols is 1. The van der Waals surface area contributed by atoms with Crippen LogP contribution in [0.3, 0.4) is 0 Å². The molecule has 3 rings (SSSR count). The molecule has 3 heteroatoms. The van der Waals surface area contributed by atoms with Crippen molar-refractivity contribution < 1.29 is 36.1 Å². The Morgan fingerprint density at radius 1 is 0.700 bits per heavy atom. The number of pyridine rings is 1. The van der Waals surface area contributed by atoms with Gasteiger partial charge >= 0.3 is 29.6 Å². The molecule has 0 aliphatic carbocycles. The van der Waals surface area contributed by atoms with E-state index in [1.807, 2.05) is 30.5 Å². The van der Waals surface area contributed by atoms with Crippen molar-refractivity contribution in [1.82, 2.24) is 4.98 Å². The molecule has 0 fully saturated rings. The van der Waals surface area contributed by atoms with Crippen molar-refractivity contribution in [1.29, 1.82) is 0 Å². The van der Waals surface area contributed by atoms with Crippen LogP contribution in [0.15, 0.2) is 73.1 Å². The van der Waals surface area contributed by atoms with Gasteiger partial charge < -0.3 is 6.53 Å². The molecular weight excluding hydrogens is 257 g/mol. The van der Waals surface area contributed by atoms with Crippen LogP contribution < -0.4 is 29.6 Å². The topological polar surface area (TPSA) is 33.1 Å². The summed E-state index contributed by atoms with van der Waals surface area (Å²) in [5, 5.41) is 9.29. The van der Waals surface area contributed by atoms with Gasteiger partial charge in [0.15, 0.2) is 0 Å². The van der Waals surface area contributed by atoms with Crippen molar-refractivity contribution in [3.05, 3.63) is 73.1 Å². The van der Waals surface area contributed by atoms with Crippen LogP contribution in [0.5, 0.6) is 5.75 Å². The molecule has 1 aromatic heterocycles. The molecule has 2 nitrogen and oxygen atoms in total. The van der Waals surface area contributed by atoms with Crippen molar-refractivity contribution in [2.75, 3.05) is 0 Å². The van der Waals surface area contributed by atoms with E-state index in [4.69, 9.17) is 0 Å². The summed E-state index contributed by atoms with van der Waals surface area (Å²) >= 11 is 0. The minimum atomic E-state index is 0. The van der Waals surface area contributed by atoms with Crippen LogP contribution >= 0.6 is 0 Å². The molecule has 0 unspecified atom stereocenters. The fourth-order valence-corrected chi connectivity index (χ4v) is 2.04. The molecule has 0 radical (unpaired) electrons. The fourth-order valence-electron chi connectivity index (χ4n) is 2.04. The van der Waals surface area contributed by atoms with Gasteiger partial charge in [-0.05, 0) is 40.5 Å². The molecule has 0 aliphatic heterocycles. The summed E-state index contributed by atoms with van der Waals surface area (Å²) in [6.07, 6.45) is 3.63. The quantitative estimate of drug-likeness (QED) is 0.711. The van der Waals surface area contributed by atoms with Crippen molar-refractivity contribution in [3.63, 3.8) is 0 Å². The van der Waals surface area contributed by atoms with Crippen molar-refractivity contribution >= 4 is 0 Å². The molecule has 94 valence electrons. The maximum Gasteiger partial charge on any atom is 1.00 e. The standard InChI is InChI=1S/C17H13NO.Na.H/c19-17-9-7-14(8-10-17)13-3-5-15(6-4-13)16-2-1-11-18-12-16;;/h1-12,19H;;/q;+1;-1. The third kappa shape index (κ3) is 3.28. The van der Waals surface area contributed by atoms with Crippen LogP contribution in [0.4, 0.5) is 0 Å². The van der Waals surface area contributed by atoms with E-state index >= 15 is 0 Å². The van der Waals surface area contributed by atoms with E-state index in [0.29, 0.717) is 0 Å². The zero-order chi connectivity index (χ0) is 13.1. The summed E-state index contributed by atoms with van der Waals surface area (Å²) in [5.41, 5.74) is 4.48. The molecule has 0 saturated heterocycles. The van der Waals surface area contributed by atoms with E-state index in [-0.39, 0.29) is 36.7 Å². The van der Waals surface area contributed by atoms with Crippen LogP contribution in [0, 0.1) is 0 Å². The number of aromatic hydroxyl groups is 1. The molecule has 1 N–H and O–H groups in total. The number of hydrogen-bond donors (Lipinski definition) is 1. The van der Waals surface area contributed by atoms with E-state index in [1.165, 1.54) is 0 Å². The first-order valence-electron chi connectivity index (χ1n) is 6.13. The van der Waals surface area contributed by atoms with Gasteiger partial charge in [-0.3, -0.25) is 4.98 Å². The summed E-state index contributed by atoms with van der Waals surface area (Å²) in [6.45, 7) is 0. The van der Waals surface area contributed by atoms with Gasteiger partial charge in [0.2, 0.25) is 0 Å². The number of hydrogen-bond acceptors (Lipinski definition) is 2. The Balaban J connectivity index is 0.00000110. The molecule has 1 heterocycles. The molecule has 20 heavy (non-hydrogen) atoms. The van der Waals surface area contributed by atoms with E-state index in [0.717, 1.165) is 22.3 Å². The molecule has 3 aromatic rings. The van der Waals surface area contributed by atoms with Gasteiger partial charge in [0, 0.05) is 12.4 Å². The van der Waals surface area contributed by atoms with Gasteiger partial charge in [-0.25, -0.2) is 0 Å². The van der Waals surface area contributed by atoms with Crippen molar-refractivity contribution in [2.45, 2.75) is 0 Å². The van der Waals surface area contributed by atoms with Crippen molar-refractivity contribution in [3.8, 4) is 28.0 Å². The Kier molecular flexibility index (Phi) is 4.96. The first kappa shape index (κ1) is 14.8. The molecule has 0 aliphatic rings. The molecule has 2 aromatic carbocycles. The minimum absolute atomic E-state index is 0. The van der Waals surface area contributed by atoms with E-state index in [2.05, 4.69) is 29.2 Å². The molecule has 0 bridgehead atoms. The maximum absolute atomic E-state index is 9.29. The van der Waals surface area contributed by atoms with Crippen molar-refractivity contribution in [2.24, 2.45) is 0 Å². The van der Waals surface area contributed by atoms with E-state index < -0.39 is 0 Å². The predicted octanol–water partition coefficient (Wildman–Crippen LogP) is 1.24. The summed E-state index contributed by atoms with van der Waals surface area (Å²) in [4.78, 5) is 4.12. The largest absolute Gasteiger partial charge is 1.00 e. The number of rotatable bonds is 2. The smallest absolute Gasteiger partial charge is 1.00 e. The van der Waals surface area contributed by atoms with Crippen LogP contribution in [0.25, 0.3) is 22.3 Å². The number of benzene rings is 2. The molecule has 0 spiro atoms. The second-order valence-corrected chi connectivity index (χ2v) is 4.37. The second kappa shape index (κ2) is 6.71. The predicted molar refractivity (Wildman–Crippen MR) is 77.9 cm³/mol. The van der Waals surface area contributed by atoms with Crippen LogP contribution in [0.1, 0.15) is 1.43 Å². The van der Waals surface area contributed by atoms with Gasteiger partial charge in [0.25, 0.3) is 0 Å². The van der Waals surface area contributed by atoms with Crippen LogP contribution in [0.2, 0.25) is 0 Å². The first-order chi connectivity index (χ1) is 9.33. The van der Waals surface area contributed by atoms with Gasteiger partial charge in [-0.15, -0.1) is 0 Å². The number of aromatic nitrogens is 1. The first-order valence-corrected chi connectivity index (χ1v) is 6.13. The molecular formula is C17H14NNaO. The Morgan fingerprint density at radius 3 is 1.70 bits per heavy atom. The summed E-state index contributed by atoms with van der Waals surface area (Å²) in [7, 11) is 0. The van der Waals surface area contributed by atoms with Crippen LogP contribution in [-0.4, -0.2) is 10.1 Å². The monoisotopic (exact) mass is 271 g/mol. The van der Waals surface area contributed by atoms with Gasteiger partial charge in [0.05, 0.1) is 0 Å². The van der Waals surface area contributed by atoms with Crippen LogP contribution in [-0.2, 0) is 0 Å². The Hall–Kier alpha value is -1.61. The molecule has 0 atom stereocenters. The third-order valence-corrected chi connectivity index (χ3v) is 3.08. The third-order valence-electron chi connectivity index (χ3n) is 3.08. The normalized spacial score (nSPS) is 9.80. The zero-order valence-electron chi connectivity index (χ0n) is 12.3.